The maximum atomic E-state index is 12.4. The van der Waals surface area contributed by atoms with Crippen LogP contribution in [0.1, 0.15) is 32.6 Å². The standard InChI is InChI=1S/C17H25NO3S/c1-2-17(13-19)12-14-8-9-16(17)18(14)10-11-22(20,21)15-6-4-3-5-7-15/h3-7,14,16,19H,2,8-13H2,1H3/t14-,16+,17-/m1/s1. The summed E-state index contributed by atoms with van der Waals surface area (Å²) in [6.07, 6.45) is 4.20. The topological polar surface area (TPSA) is 57.6 Å². The summed E-state index contributed by atoms with van der Waals surface area (Å²) in [6.45, 7) is 2.93. The Bertz CT molecular complexity index is 610. The highest BCUT2D eigenvalue weighted by molar-refractivity contribution is 7.91. The molecule has 2 heterocycles. The van der Waals surface area contributed by atoms with E-state index in [1.54, 1.807) is 24.3 Å². The van der Waals surface area contributed by atoms with Crippen LogP contribution >= 0.6 is 0 Å². The molecule has 3 atom stereocenters. The summed E-state index contributed by atoms with van der Waals surface area (Å²) in [7, 11) is -3.22. The largest absolute Gasteiger partial charge is 0.396 e. The fourth-order valence-electron chi connectivity index (χ4n) is 4.39. The summed E-state index contributed by atoms with van der Waals surface area (Å²) < 4.78 is 24.9. The van der Waals surface area contributed by atoms with Crippen LogP contribution in [0.15, 0.2) is 35.2 Å². The second-order valence-corrected chi connectivity index (χ2v) is 8.80. The van der Waals surface area contributed by atoms with Crippen molar-refractivity contribution in [2.75, 3.05) is 18.9 Å². The van der Waals surface area contributed by atoms with Gasteiger partial charge in [0.15, 0.2) is 9.84 Å². The van der Waals surface area contributed by atoms with Gasteiger partial charge in [-0.3, -0.25) is 4.90 Å². The first-order valence-corrected chi connectivity index (χ1v) is 9.82. The van der Waals surface area contributed by atoms with Gasteiger partial charge in [-0.15, -0.1) is 0 Å². The monoisotopic (exact) mass is 323 g/mol. The average Bonchev–Trinajstić information content (AvgIpc) is 3.09. The predicted octanol–water partition coefficient (Wildman–Crippen LogP) is 2.09. The zero-order valence-corrected chi connectivity index (χ0v) is 13.9. The zero-order valence-electron chi connectivity index (χ0n) is 13.1. The number of hydrogen-bond acceptors (Lipinski definition) is 4. The SMILES string of the molecule is CC[C@]1(CO)C[C@H]2CC[C@@H]1N2CCS(=O)(=O)c1ccccc1. The van der Waals surface area contributed by atoms with Crippen LogP contribution in [-0.4, -0.2) is 49.4 Å². The number of aliphatic hydroxyl groups excluding tert-OH is 1. The van der Waals surface area contributed by atoms with Gasteiger partial charge in [0.25, 0.3) is 0 Å². The number of hydrogen-bond donors (Lipinski definition) is 1. The lowest BCUT2D eigenvalue weighted by Gasteiger charge is -2.35. The van der Waals surface area contributed by atoms with Crippen molar-refractivity contribution in [3.05, 3.63) is 30.3 Å². The van der Waals surface area contributed by atoms with Crippen molar-refractivity contribution in [3.63, 3.8) is 0 Å². The number of rotatable bonds is 6. The van der Waals surface area contributed by atoms with E-state index in [0.717, 1.165) is 25.7 Å². The highest BCUT2D eigenvalue weighted by Gasteiger charge is 2.54. The molecule has 0 radical (unpaired) electrons. The van der Waals surface area contributed by atoms with Crippen molar-refractivity contribution >= 4 is 9.84 Å². The second kappa shape index (κ2) is 5.95. The van der Waals surface area contributed by atoms with E-state index in [-0.39, 0.29) is 17.8 Å². The van der Waals surface area contributed by atoms with Gasteiger partial charge in [0.2, 0.25) is 0 Å². The molecular weight excluding hydrogens is 298 g/mol. The first-order valence-electron chi connectivity index (χ1n) is 8.17. The molecule has 0 unspecified atom stereocenters. The third kappa shape index (κ3) is 2.59. The molecule has 0 aromatic heterocycles. The van der Waals surface area contributed by atoms with E-state index < -0.39 is 9.84 Å². The van der Waals surface area contributed by atoms with Crippen LogP contribution in [0.25, 0.3) is 0 Å². The highest BCUT2D eigenvalue weighted by Crippen LogP contribution is 2.51. The maximum absolute atomic E-state index is 12.4. The van der Waals surface area contributed by atoms with Crippen molar-refractivity contribution in [1.29, 1.82) is 0 Å². The summed E-state index contributed by atoms with van der Waals surface area (Å²) in [5, 5.41) is 9.82. The fourth-order valence-corrected chi connectivity index (χ4v) is 5.65. The molecule has 2 aliphatic rings. The minimum Gasteiger partial charge on any atom is -0.396 e. The van der Waals surface area contributed by atoms with Gasteiger partial charge < -0.3 is 5.11 Å². The molecule has 1 N–H and O–H groups in total. The van der Waals surface area contributed by atoms with Crippen LogP contribution in [0.5, 0.6) is 0 Å². The number of sulfone groups is 1. The lowest BCUT2D eigenvalue weighted by atomic mass is 9.72. The molecule has 0 amide bonds. The molecule has 2 fully saturated rings. The Morgan fingerprint density at radius 1 is 1.27 bits per heavy atom. The summed E-state index contributed by atoms with van der Waals surface area (Å²) in [5.74, 6) is 0.162. The average molecular weight is 323 g/mol. The van der Waals surface area contributed by atoms with Crippen LogP contribution in [0, 0.1) is 5.41 Å². The van der Waals surface area contributed by atoms with Crippen LogP contribution in [-0.2, 0) is 9.84 Å². The molecule has 5 heteroatoms. The van der Waals surface area contributed by atoms with Gasteiger partial charge in [0.05, 0.1) is 17.3 Å². The third-order valence-electron chi connectivity index (χ3n) is 5.73. The Hall–Kier alpha value is -0.910. The van der Waals surface area contributed by atoms with Gasteiger partial charge in [-0.2, -0.15) is 0 Å². The van der Waals surface area contributed by atoms with E-state index >= 15 is 0 Å². The molecule has 0 spiro atoms. The van der Waals surface area contributed by atoms with Crippen LogP contribution in [0.4, 0.5) is 0 Å². The van der Waals surface area contributed by atoms with Gasteiger partial charge >= 0.3 is 0 Å². The quantitative estimate of drug-likeness (QED) is 0.871. The van der Waals surface area contributed by atoms with Crippen molar-refractivity contribution in [2.24, 2.45) is 5.41 Å². The van der Waals surface area contributed by atoms with Gasteiger partial charge in [-0.25, -0.2) is 8.42 Å². The van der Waals surface area contributed by atoms with E-state index in [0.29, 0.717) is 23.5 Å². The van der Waals surface area contributed by atoms with E-state index in [4.69, 9.17) is 0 Å². The Kier molecular flexibility index (Phi) is 4.32. The van der Waals surface area contributed by atoms with E-state index in [1.165, 1.54) is 0 Å². The third-order valence-corrected chi connectivity index (χ3v) is 7.44. The van der Waals surface area contributed by atoms with Crippen LogP contribution in [0.2, 0.25) is 0 Å². The van der Waals surface area contributed by atoms with Crippen molar-refractivity contribution in [3.8, 4) is 0 Å². The van der Waals surface area contributed by atoms with Crippen LogP contribution in [0.3, 0.4) is 0 Å². The lowest BCUT2D eigenvalue weighted by molar-refractivity contribution is 0.0743. The Morgan fingerprint density at radius 3 is 2.59 bits per heavy atom. The molecule has 22 heavy (non-hydrogen) atoms. The molecule has 1 aromatic rings. The molecule has 122 valence electrons. The van der Waals surface area contributed by atoms with Crippen LogP contribution < -0.4 is 0 Å². The smallest absolute Gasteiger partial charge is 0.179 e. The summed E-state index contributed by atoms with van der Waals surface area (Å²) in [6, 6.07) is 9.48. The van der Waals surface area contributed by atoms with Crippen molar-refractivity contribution < 1.29 is 13.5 Å². The maximum Gasteiger partial charge on any atom is 0.179 e. The van der Waals surface area contributed by atoms with E-state index in [1.807, 2.05) is 6.07 Å². The Labute approximate surface area is 133 Å². The van der Waals surface area contributed by atoms with Gasteiger partial charge in [0, 0.05) is 24.0 Å². The van der Waals surface area contributed by atoms with Crippen molar-refractivity contribution in [2.45, 2.75) is 49.6 Å². The van der Waals surface area contributed by atoms with E-state index in [2.05, 4.69) is 11.8 Å². The first kappa shape index (κ1) is 16.0. The van der Waals surface area contributed by atoms with Gasteiger partial charge in [-0.1, -0.05) is 25.1 Å². The molecule has 2 aliphatic heterocycles. The number of fused-ring (bicyclic) bond motifs is 2. The van der Waals surface area contributed by atoms with Gasteiger partial charge in [-0.05, 0) is 37.8 Å². The molecule has 3 rings (SSSR count). The first-order chi connectivity index (χ1) is 10.5. The number of aliphatic hydroxyl groups is 1. The molecular formula is C17H25NO3S. The summed E-state index contributed by atoms with van der Waals surface area (Å²) in [5.41, 5.74) is -0.0145. The highest BCUT2D eigenvalue weighted by atomic mass is 32.2. The Balaban J connectivity index is 1.70. The second-order valence-electron chi connectivity index (χ2n) is 6.69. The minimum absolute atomic E-state index is 0.0145. The normalized spacial score (nSPS) is 31.7. The minimum atomic E-state index is -3.22. The predicted molar refractivity (Wildman–Crippen MR) is 86.4 cm³/mol. The number of nitrogens with zero attached hydrogens (tertiary/aromatic N) is 1. The molecule has 0 aliphatic carbocycles. The summed E-state index contributed by atoms with van der Waals surface area (Å²) in [4.78, 5) is 2.76. The molecule has 4 nitrogen and oxygen atoms in total. The van der Waals surface area contributed by atoms with Gasteiger partial charge in [0.1, 0.15) is 0 Å². The zero-order chi connectivity index (χ0) is 15.8. The molecule has 1 aromatic carbocycles. The molecule has 0 saturated carbocycles. The number of benzene rings is 1. The fraction of sp³-hybridized carbons (Fsp3) is 0.647. The molecule has 2 saturated heterocycles. The lowest BCUT2D eigenvalue weighted by Crippen LogP contribution is -2.41. The van der Waals surface area contributed by atoms with E-state index in [9.17, 15) is 13.5 Å². The molecule has 2 bridgehead atoms. The summed E-state index contributed by atoms with van der Waals surface area (Å²) >= 11 is 0. The van der Waals surface area contributed by atoms with Crippen molar-refractivity contribution in [1.82, 2.24) is 4.90 Å². The Morgan fingerprint density at radius 2 is 2.00 bits per heavy atom.